The highest BCUT2D eigenvalue weighted by molar-refractivity contribution is 5.85. The third-order valence-corrected chi connectivity index (χ3v) is 2.37. The summed E-state index contributed by atoms with van der Waals surface area (Å²) in [5.74, 6) is -1.70. The molecule has 1 rings (SSSR count). The van der Waals surface area contributed by atoms with E-state index in [1.54, 1.807) is 0 Å². The van der Waals surface area contributed by atoms with Gasteiger partial charge in [-0.1, -0.05) is 0 Å². The monoisotopic (exact) mass is 265 g/mol. The maximum absolute atomic E-state index is 12.7. The molecule has 0 bridgehead atoms. The Morgan fingerprint density at radius 1 is 1.44 bits per heavy atom. The van der Waals surface area contributed by atoms with Gasteiger partial charge in [0.05, 0.1) is 18.4 Å². The van der Waals surface area contributed by atoms with Gasteiger partial charge in [0.1, 0.15) is 11.4 Å². The van der Waals surface area contributed by atoms with Gasteiger partial charge in [0.15, 0.2) is 0 Å². The lowest BCUT2D eigenvalue weighted by Gasteiger charge is -2.27. The molecule has 0 spiro atoms. The number of halogens is 4. The molecule has 18 heavy (non-hydrogen) atoms. The summed E-state index contributed by atoms with van der Waals surface area (Å²) in [5.41, 5.74) is 3.17. The van der Waals surface area contributed by atoms with E-state index in [0.717, 1.165) is 25.3 Å². The van der Waals surface area contributed by atoms with Gasteiger partial charge in [0.25, 0.3) is 0 Å². The van der Waals surface area contributed by atoms with E-state index in [-0.39, 0.29) is 5.69 Å². The summed E-state index contributed by atoms with van der Waals surface area (Å²) < 4.78 is 49.1. The van der Waals surface area contributed by atoms with Crippen molar-refractivity contribution < 1.29 is 22.4 Å². The summed E-state index contributed by atoms with van der Waals surface area (Å²) >= 11 is 0. The number of carbonyl (C=O) groups is 1. The number of nitrogens with one attached hydrogen (secondary N) is 1. The predicted octanol–water partition coefficient (Wildman–Crippen LogP) is 1.07. The third-order valence-electron chi connectivity index (χ3n) is 2.37. The molecule has 3 N–H and O–H groups in total. The number of carbonyl (C=O) groups excluding carboxylic acids is 1. The van der Waals surface area contributed by atoms with Gasteiger partial charge in [-0.05, 0) is 19.1 Å². The number of pyridine rings is 1. The van der Waals surface area contributed by atoms with Crippen molar-refractivity contribution in [2.75, 3.05) is 6.54 Å². The lowest BCUT2D eigenvalue weighted by molar-refractivity contribution is -0.136. The molecule has 0 aliphatic rings. The van der Waals surface area contributed by atoms with Gasteiger partial charge in [-0.2, -0.15) is 13.2 Å². The van der Waals surface area contributed by atoms with Gasteiger partial charge in [-0.15, -0.1) is 0 Å². The number of hydrogen-bond donors (Lipinski definition) is 2. The zero-order valence-corrected chi connectivity index (χ0v) is 9.38. The Labute approximate surface area is 100 Å². The second-order valence-electron chi connectivity index (χ2n) is 3.82. The van der Waals surface area contributed by atoms with E-state index >= 15 is 0 Å². The number of alkyl halides is 3. The summed E-state index contributed by atoms with van der Waals surface area (Å²) in [6.45, 7) is -0.257. The van der Waals surface area contributed by atoms with Crippen LogP contribution in [0.15, 0.2) is 18.3 Å². The van der Waals surface area contributed by atoms with Crippen LogP contribution in [0.2, 0.25) is 0 Å². The topological polar surface area (TPSA) is 68.0 Å². The minimum Gasteiger partial charge on any atom is -0.368 e. The van der Waals surface area contributed by atoms with Gasteiger partial charge in [-0.25, -0.2) is 4.39 Å². The number of primary amides is 1. The summed E-state index contributed by atoms with van der Waals surface area (Å²) in [6.07, 6.45) is -3.71. The van der Waals surface area contributed by atoms with Gasteiger partial charge in [0.2, 0.25) is 5.91 Å². The smallest absolute Gasteiger partial charge is 0.368 e. The summed E-state index contributed by atoms with van der Waals surface area (Å²) in [6, 6.07) is 2.09. The average molecular weight is 265 g/mol. The number of rotatable bonds is 4. The van der Waals surface area contributed by atoms with Crippen LogP contribution in [0, 0.1) is 5.82 Å². The van der Waals surface area contributed by atoms with Crippen molar-refractivity contribution in [2.45, 2.75) is 18.6 Å². The minimum absolute atomic E-state index is 0.0827. The highest BCUT2D eigenvalue weighted by Gasteiger charge is 2.38. The Morgan fingerprint density at radius 2 is 2.06 bits per heavy atom. The first kappa shape index (κ1) is 14.4. The highest BCUT2D eigenvalue weighted by Crippen LogP contribution is 2.21. The molecule has 0 aliphatic carbocycles. The van der Waals surface area contributed by atoms with Crippen molar-refractivity contribution in [3.63, 3.8) is 0 Å². The van der Waals surface area contributed by atoms with Crippen molar-refractivity contribution >= 4 is 5.91 Å². The van der Waals surface area contributed by atoms with E-state index in [9.17, 15) is 22.4 Å². The van der Waals surface area contributed by atoms with Crippen molar-refractivity contribution in [1.29, 1.82) is 0 Å². The third kappa shape index (κ3) is 3.39. The number of nitrogens with two attached hydrogens (primary N) is 1. The van der Waals surface area contributed by atoms with Crippen molar-refractivity contribution in [2.24, 2.45) is 5.73 Å². The van der Waals surface area contributed by atoms with Gasteiger partial charge < -0.3 is 5.73 Å². The van der Waals surface area contributed by atoms with Crippen LogP contribution in [0.4, 0.5) is 17.6 Å². The molecule has 0 aromatic carbocycles. The molecule has 1 aromatic heterocycles. The lowest BCUT2D eigenvalue weighted by Crippen LogP contribution is -2.53. The Kier molecular flexibility index (Phi) is 3.90. The Bertz CT molecular complexity index is 432. The SMILES string of the molecule is CC(NCC(F)(F)F)(C(N)=O)c1ccc(F)cn1. The Balaban J connectivity index is 3.00. The molecule has 1 aromatic rings. The molecule has 8 heteroatoms. The maximum atomic E-state index is 12.7. The predicted molar refractivity (Wildman–Crippen MR) is 54.8 cm³/mol. The van der Waals surface area contributed by atoms with Crippen LogP contribution in [-0.4, -0.2) is 23.6 Å². The fourth-order valence-corrected chi connectivity index (χ4v) is 1.25. The van der Waals surface area contributed by atoms with E-state index in [1.807, 2.05) is 5.32 Å². The standard InChI is InChI=1S/C10H11F4N3O/c1-9(8(15)18,17-5-10(12,13)14)7-3-2-6(11)4-16-7/h2-4,17H,5H2,1H3,(H2,15,18). The van der Waals surface area contributed by atoms with Crippen LogP contribution in [0.5, 0.6) is 0 Å². The maximum Gasteiger partial charge on any atom is 0.401 e. The first-order valence-corrected chi connectivity index (χ1v) is 4.89. The number of amides is 1. The number of hydrogen-bond acceptors (Lipinski definition) is 3. The van der Waals surface area contributed by atoms with Crippen LogP contribution in [-0.2, 0) is 10.3 Å². The molecule has 100 valence electrons. The molecule has 1 heterocycles. The first-order valence-electron chi connectivity index (χ1n) is 4.89. The zero-order chi connectivity index (χ0) is 14.0. The van der Waals surface area contributed by atoms with Crippen molar-refractivity contribution in [3.05, 3.63) is 29.8 Å². The molecule has 1 unspecified atom stereocenters. The average Bonchev–Trinajstić information content (AvgIpc) is 2.25. The van der Waals surface area contributed by atoms with Gasteiger partial charge in [-0.3, -0.25) is 15.1 Å². The zero-order valence-electron chi connectivity index (χ0n) is 9.38. The second kappa shape index (κ2) is 4.89. The molecular weight excluding hydrogens is 254 g/mol. The molecule has 4 nitrogen and oxygen atoms in total. The highest BCUT2D eigenvalue weighted by atomic mass is 19.4. The van der Waals surface area contributed by atoms with Crippen LogP contribution in [0.25, 0.3) is 0 Å². The van der Waals surface area contributed by atoms with Gasteiger partial charge in [0, 0.05) is 0 Å². The Hall–Kier alpha value is -1.70. The van der Waals surface area contributed by atoms with Crippen LogP contribution < -0.4 is 11.1 Å². The molecule has 0 saturated heterocycles. The fraction of sp³-hybridized carbons (Fsp3) is 0.400. The Morgan fingerprint density at radius 3 is 2.44 bits per heavy atom. The van der Waals surface area contributed by atoms with Gasteiger partial charge >= 0.3 is 6.18 Å². The number of nitrogens with zero attached hydrogens (tertiary/aromatic N) is 1. The van der Waals surface area contributed by atoms with E-state index in [1.165, 1.54) is 0 Å². The van der Waals surface area contributed by atoms with Crippen molar-refractivity contribution in [1.82, 2.24) is 10.3 Å². The molecule has 0 fully saturated rings. The lowest BCUT2D eigenvalue weighted by atomic mass is 9.96. The first-order chi connectivity index (χ1) is 8.15. The molecule has 0 radical (unpaired) electrons. The van der Waals surface area contributed by atoms with Crippen LogP contribution in [0.3, 0.4) is 0 Å². The second-order valence-corrected chi connectivity index (χ2v) is 3.82. The van der Waals surface area contributed by atoms with E-state index < -0.39 is 30.0 Å². The summed E-state index contributed by atoms with van der Waals surface area (Å²) in [7, 11) is 0. The minimum atomic E-state index is -4.50. The van der Waals surface area contributed by atoms with E-state index in [4.69, 9.17) is 5.73 Å². The van der Waals surface area contributed by atoms with Crippen LogP contribution >= 0.6 is 0 Å². The van der Waals surface area contributed by atoms with E-state index in [0.29, 0.717) is 0 Å². The molecule has 1 atom stereocenters. The van der Waals surface area contributed by atoms with E-state index in [2.05, 4.69) is 4.98 Å². The largest absolute Gasteiger partial charge is 0.401 e. The summed E-state index contributed by atoms with van der Waals surface area (Å²) in [5, 5.41) is 1.99. The molecular formula is C10H11F4N3O. The molecule has 0 saturated carbocycles. The fourth-order valence-electron chi connectivity index (χ4n) is 1.25. The number of aromatic nitrogens is 1. The van der Waals surface area contributed by atoms with Crippen molar-refractivity contribution in [3.8, 4) is 0 Å². The molecule has 0 aliphatic heterocycles. The normalized spacial score (nSPS) is 15.2. The van der Waals surface area contributed by atoms with Crippen LogP contribution in [0.1, 0.15) is 12.6 Å². The quantitative estimate of drug-likeness (QED) is 0.800. The molecule has 1 amide bonds. The summed E-state index contributed by atoms with van der Waals surface area (Å²) in [4.78, 5) is 14.8.